The van der Waals surface area contributed by atoms with E-state index in [2.05, 4.69) is 27.3 Å². The normalized spacial score (nSPS) is 18.4. The molecule has 0 saturated carbocycles. The zero-order chi connectivity index (χ0) is 25.3. The lowest BCUT2D eigenvalue weighted by Crippen LogP contribution is -2.26. The van der Waals surface area contributed by atoms with Crippen LogP contribution in [0, 0.1) is 6.92 Å². The number of ether oxygens (including phenoxy) is 2. The molecule has 3 aromatic heterocycles. The number of fused-ring (bicyclic) bond motifs is 1. The van der Waals surface area contributed by atoms with Crippen LogP contribution in [-0.2, 0) is 20.5 Å². The quantitative estimate of drug-likeness (QED) is 0.375. The van der Waals surface area contributed by atoms with Crippen LogP contribution in [0.4, 0.5) is 11.6 Å². The Bertz CT molecular complexity index is 1460. The number of nitrogens with zero attached hydrogens (tertiary/aromatic N) is 5. The maximum atomic E-state index is 13.3. The molecule has 5 rings (SSSR count). The van der Waals surface area contributed by atoms with E-state index in [1.807, 2.05) is 36.7 Å². The lowest BCUT2D eigenvalue weighted by molar-refractivity contribution is 0.00313. The van der Waals surface area contributed by atoms with E-state index in [1.54, 1.807) is 24.4 Å². The Kier molecular flexibility index (Phi) is 6.67. The highest BCUT2D eigenvalue weighted by Crippen LogP contribution is 2.31. The zero-order valence-corrected chi connectivity index (χ0v) is 21.4. The second kappa shape index (κ2) is 9.90. The molecule has 10 nitrogen and oxygen atoms in total. The number of aromatic nitrogens is 5. The molecule has 4 heterocycles. The molecule has 0 spiro atoms. The molecule has 2 unspecified atom stereocenters. The lowest BCUT2D eigenvalue weighted by atomic mass is 10.0. The summed E-state index contributed by atoms with van der Waals surface area (Å²) in [4.78, 5) is 9.11. The number of benzene rings is 1. The Balaban J connectivity index is 1.49. The van der Waals surface area contributed by atoms with Crippen LogP contribution < -0.4 is 10.1 Å². The third-order valence-electron chi connectivity index (χ3n) is 6.34. The number of nitrogens with one attached hydrogen (secondary N) is 1. The fourth-order valence-electron chi connectivity index (χ4n) is 4.58. The van der Waals surface area contributed by atoms with Crippen molar-refractivity contribution in [2.45, 2.75) is 51.5 Å². The molecular formula is C25H30N6O4S. The van der Waals surface area contributed by atoms with Crippen molar-refractivity contribution in [2.24, 2.45) is 0 Å². The van der Waals surface area contributed by atoms with E-state index < -0.39 is 10.0 Å². The first-order valence-corrected chi connectivity index (χ1v) is 13.7. The van der Waals surface area contributed by atoms with Gasteiger partial charge in [0, 0.05) is 12.8 Å². The molecule has 1 aliphatic rings. The topological polar surface area (TPSA) is 113 Å². The van der Waals surface area contributed by atoms with E-state index in [9.17, 15) is 8.42 Å². The molecule has 0 amide bonds. The van der Waals surface area contributed by atoms with Gasteiger partial charge in [0.1, 0.15) is 0 Å². The van der Waals surface area contributed by atoms with Gasteiger partial charge in [-0.3, -0.25) is 4.68 Å². The van der Waals surface area contributed by atoms with Crippen LogP contribution in [0.1, 0.15) is 44.0 Å². The maximum absolute atomic E-state index is 13.3. The molecule has 1 aliphatic heterocycles. The first-order valence-electron chi connectivity index (χ1n) is 12.1. The molecule has 11 heteroatoms. The molecule has 190 valence electrons. The Hall–Kier alpha value is -3.44. The first kappa shape index (κ1) is 24.3. The highest BCUT2D eigenvalue weighted by atomic mass is 32.2. The lowest BCUT2D eigenvalue weighted by Gasteiger charge is -2.28. The minimum atomic E-state index is -3.73. The van der Waals surface area contributed by atoms with Gasteiger partial charge < -0.3 is 14.8 Å². The smallest absolute Gasteiger partial charge is 0.244 e. The third kappa shape index (κ3) is 4.80. The van der Waals surface area contributed by atoms with Gasteiger partial charge in [0.15, 0.2) is 5.65 Å². The van der Waals surface area contributed by atoms with Crippen LogP contribution in [-0.4, -0.2) is 51.5 Å². The van der Waals surface area contributed by atoms with Gasteiger partial charge in [0.05, 0.1) is 47.5 Å². The van der Waals surface area contributed by atoms with Crippen LogP contribution >= 0.6 is 0 Å². The van der Waals surface area contributed by atoms with E-state index in [1.165, 1.54) is 10.2 Å². The fourth-order valence-corrected chi connectivity index (χ4v) is 5.98. The summed E-state index contributed by atoms with van der Waals surface area (Å²) in [5.41, 5.74) is 2.65. The van der Waals surface area contributed by atoms with Crippen LogP contribution in [0.2, 0.25) is 0 Å². The number of hydrogen-bond acceptors (Lipinski definition) is 8. The van der Waals surface area contributed by atoms with Crippen molar-refractivity contribution < 1.29 is 17.9 Å². The van der Waals surface area contributed by atoms with Crippen molar-refractivity contribution in [3.63, 3.8) is 0 Å². The van der Waals surface area contributed by atoms with E-state index in [4.69, 9.17) is 9.47 Å². The molecule has 0 aliphatic carbocycles. The summed E-state index contributed by atoms with van der Waals surface area (Å²) in [6, 6.07) is 11.0. The van der Waals surface area contributed by atoms with Crippen LogP contribution in [0.5, 0.6) is 5.88 Å². The van der Waals surface area contributed by atoms with E-state index in [0.717, 1.165) is 24.2 Å². The van der Waals surface area contributed by atoms with Crippen molar-refractivity contribution in [1.82, 2.24) is 23.7 Å². The molecule has 0 bridgehead atoms. The summed E-state index contributed by atoms with van der Waals surface area (Å²) in [5, 5.41) is 8.35. The number of anilines is 2. The summed E-state index contributed by atoms with van der Waals surface area (Å²) in [7, 11) is -3.73. The van der Waals surface area contributed by atoms with Crippen molar-refractivity contribution in [1.29, 1.82) is 0 Å². The molecule has 1 saturated heterocycles. The zero-order valence-electron chi connectivity index (χ0n) is 20.6. The average Bonchev–Trinajstić information content (AvgIpc) is 3.44. The van der Waals surface area contributed by atoms with Crippen LogP contribution in [0.15, 0.2) is 48.8 Å². The summed E-state index contributed by atoms with van der Waals surface area (Å²) in [5.74, 6) is 0.412. The van der Waals surface area contributed by atoms with E-state index >= 15 is 0 Å². The van der Waals surface area contributed by atoms with Gasteiger partial charge in [0.25, 0.3) is 0 Å². The largest absolute Gasteiger partial charge is 0.477 e. The van der Waals surface area contributed by atoms with Crippen LogP contribution in [0.25, 0.3) is 11.0 Å². The molecule has 1 N–H and O–H groups in total. The van der Waals surface area contributed by atoms with Crippen molar-refractivity contribution >= 4 is 32.7 Å². The summed E-state index contributed by atoms with van der Waals surface area (Å²) < 4.78 is 41.2. The highest BCUT2D eigenvalue weighted by Gasteiger charge is 2.25. The Morgan fingerprint density at radius 3 is 2.75 bits per heavy atom. The molecule has 0 radical (unpaired) electrons. The van der Waals surface area contributed by atoms with Crippen molar-refractivity contribution in [3.8, 4) is 5.88 Å². The molecule has 4 aromatic rings. The molecule has 1 aromatic carbocycles. The van der Waals surface area contributed by atoms with Crippen molar-refractivity contribution in [3.05, 3.63) is 60.0 Å². The minimum Gasteiger partial charge on any atom is -0.477 e. The molecule has 2 atom stereocenters. The molecule has 36 heavy (non-hydrogen) atoms. The fraction of sp³-hybridized carbons (Fsp3) is 0.400. The minimum absolute atomic E-state index is 0.149. The van der Waals surface area contributed by atoms with E-state index in [-0.39, 0.29) is 29.5 Å². The Labute approximate surface area is 210 Å². The second-order valence-corrected chi connectivity index (χ2v) is 10.8. The summed E-state index contributed by atoms with van der Waals surface area (Å²) >= 11 is 0. The van der Waals surface area contributed by atoms with Gasteiger partial charge in [-0.15, -0.1) is 0 Å². The van der Waals surface area contributed by atoms with Gasteiger partial charge in [-0.05, 0) is 45.2 Å². The maximum Gasteiger partial charge on any atom is 0.244 e. The SMILES string of the molecule is CCOc1nc(Nc2cnn(C3CCOC(C)C3)c2C)nc2c1ccn2S(=O)(=O)Cc1ccccc1. The highest BCUT2D eigenvalue weighted by molar-refractivity contribution is 7.89. The predicted molar refractivity (Wildman–Crippen MR) is 137 cm³/mol. The van der Waals surface area contributed by atoms with Gasteiger partial charge >= 0.3 is 0 Å². The van der Waals surface area contributed by atoms with Gasteiger partial charge in [-0.25, -0.2) is 12.4 Å². The molecular weight excluding hydrogens is 480 g/mol. The second-order valence-electron chi connectivity index (χ2n) is 8.95. The van der Waals surface area contributed by atoms with Crippen LogP contribution in [0.3, 0.4) is 0 Å². The van der Waals surface area contributed by atoms with E-state index in [0.29, 0.717) is 30.0 Å². The third-order valence-corrected chi connectivity index (χ3v) is 7.94. The van der Waals surface area contributed by atoms with Crippen molar-refractivity contribution in [2.75, 3.05) is 18.5 Å². The predicted octanol–water partition coefficient (Wildman–Crippen LogP) is 4.20. The van der Waals surface area contributed by atoms with Gasteiger partial charge in [-0.2, -0.15) is 15.1 Å². The molecule has 1 fully saturated rings. The first-order chi connectivity index (χ1) is 17.4. The summed E-state index contributed by atoms with van der Waals surface area (Å²) in [6.07, 6.45) is 5.23. The monoisotopic (exact) mass is 510 g/mol. The summed E-state index contributed by atoms with van der Waals surface area (Å²) in [6.45, 7) is 7.01. The Morgan fingerprint density at radius 2 is 2.00 bits per heavy atom. The number of hydrogen-bond donors (Lipinski definition) is 1. The standard InChI is InChI=1S/C25H30N6O4S/c1-4-34-24-21-10-12-30(36(32,33)16-19-8-6-5-7-9-19)23(21)28-25(29-24)27-22-15-26-31(18(22)3)20-11-13-35-17(2)14-20/h5-10,12,15,17,20H,4,11,13-14,16H2,1-3H3,(H,27,28,29). The Morgan fingerprint density at radius 1 is 1.19 bits per heavy atom. The average molecular weight is 511 g/mol. The number of rotatable bonds is 8. The van der Waals surface area contributed by atoms with Gasteiger partial charge in [-0.1, -0.05) is 30.3 Å². The van der Waals surface area contributed by atoms with Gasteiger partial charge in [0.2, 0.25) is 21.9 Å².